The number of nitrogens with zero attached hydrogens (tertiary/aromatic N) is 1. The van der Waals surface area contributed by atoms with Crippen LogP contribution in [0, 0.1) is 11.8 Å². The SMILES string of the molecule is CN(C)c1ccc(O)c2c1C[C@H]1C[C@H]3C(NC(=O)Nc4ccccc4)C(O)=C(C(N)=O)C(=O)[C@@]3(O)C(O)=C1C2=O. The molecule has 3 aliphatic carbocycles. The van der Waals surface area contributed by atoms with E-state index in [-0.39, 0.29) is 29.7 Å². The second-order valence-electron chi connectivity index (χ2n) is 10.3. The number of benzene rings is 2. The fourth-order valence-corrected chi connectivity index (χ4v) is 6.08. The van der Waals surface area contributed by atoms with Crippen molar-refractivity contribution in [3.8, 4) is 5.75 Å². The van der Waals surface area contributed by atoms with Gasteiger partial charge < -0.3 is 41.7 Å². The van der Waals surface area contributed by atoms with Crippen LogP contribution < -0.4 is 21.3 Å². The van der Waals surface area contributed by atoms with Crippen molar-refractivity contribution >= 4 is 34.9 Å². The molecule has 5 rings (SSSR count). The number of ketones is 2. The predicted octanol–water partition coefficient (Wildman–Crippen LogP) is 1.45. The average Bonchev–Trinajstić information content (AvgIpc) is 2.88. The van der Waals surface area contributed by atoms with Crippen molar-refractivity contribution in [2.24, 2.45) is 17.6 Å². The average molecular weight is 549 g/mol. The molecule has 208 valence electrons. The molecule has 0 spiro atoms. The van der Waals surface area contributed by atoms with Crippen molar-refractivity contribution in [3.63, 3.8) is 0 Å². The Morgan fingerprint density at radius 1 is 1.05 bits per heavy atom. The summed E-state index contributed by atoms with van der Waals surface area (Å²) in [6, 6.07) is 8.93. The molecule has 2 aromatic rings. The summed E-state index contributed by atoms with van der Waals surface area (Å²) in [5.41, 5.74) is 2.69. The van der Waals surface area contributed by atoms with Gasteiger partial charge in [0.25, 0.3) is 5.91 Å². The highest BCUT2D eigenvalue weighted by atomic mass is 16.3. The number of aromatic hydroxyl groups is 1. The molecular formula is C28H28N4O8. The largest absolute Gasteiger partial charge is 0.509 e. The number of anilines is 2. The molecule has 0 saturated heterocycles. The van der Waals surface area contributed by atoms with E-state index in [1.165, 1.54) is 6.07 Å². The Morgan fingerprint density at radius 2 is 1.73 bits per heavy atom. The van der Waals surface area contributed by atoms with Gasteiger partial charge in [0, 0.05) is 37.0 Å². The second-order valence-corrected chi connectivity index (χ2v) is 10.3. The van der Waals surface area contributed by atoms with Crippen LogP contribution >= 0.6 is 0 Å². The van der Waals surface area contributed by atoms with E-state index in [0.717, 1.165) is 0 Å². The summed E-state index contributed by atoms with van der Waals surface area (Å²) in [6.07, 6.45) is -0.0129. The van der Waals surface area contributed by atoms with Crippen LogP contribution in [0.2, 0.25) is 0 Å². The second kappa shape index (κ2) is 9.42. The lowest BCUT2D eigenvalue weighted by Crippen LogP contribution is -2.64. The Kier molecular flexibility index (Phi) is 6.30. The lowest BCUT2D eigenvalue weighted by Gasteiger charge is -2.48. The Balaban J connectivity index is 1.63. The number of nitrogens with one attached hydrogen (secondary N) is 2. The van der Waals surface area contributed by atoms with Crippen LogP contribution in [-0.4, -0.2) is 69.7 Å². The Bertz CT molecular complexity index is 1530. The smallest absolute Gasteiger partial charge is 0.319 e. The summed E-state index contributed by atoms with van der Waals surface area (Å²) in [5, 5.41) is 49.7. The third-order valence-corrected chi connectivity index (χ3v) is 7.86. The molecule has 0 radical (unpaired) electrons. The number of carbonyl (C=O) groups is 4. The normalized spacial score (nSPS) is 25.5. The van der Waals surface area contributed by atoms with Gasteiger partial charge in [-0.2, -0.15) is 0 Å². The van der Waals surface area contributed by atoms with Gasteiger partial charge in [-0.05, 0) is 48.6 Å². The third kappa shape index (κ3) is 3.87. The zero-order valence-electron chi connectivity index (χ0n) is 21.6. The minimum Gasteiger partial charge on any atom is -0.509 e. The van der Waals surface area contributed by atoms with Crippen LogP contribution in [0.15, 0.2) is 65.1 Å². The number of hydrogen-bond donors (Lipinski definition) is 7. The first-order chi connectivity index (χ1) is 18.9. The summed E-state index contributed by atoms with van der Waals surface area (Å²) >= 11 is 0. The molecule has 40 heavy (non-hydrogen) atoms. The van der Waals surface area contributed by atoms with E-state index in [1.807, 2.05) is 0 Å². The number of Topliss-reactive ketones (excluding diaryl/α,β-unsaturated/α-hetero) is 2. The van der Waals surface area contributed by atoms with Gasteiger partial charge in [0.15, 0.2) is 11.4 Å². The van der Waals surface area contributed by atoms with Crippen LogP contribution in [0.5, 0.6) is 5.75 Å². The van der Waals surface area contributed by atoms with Gasteiger partial charge in [0.1, 0.15) is 22.8 Å². The molecule has 8 N–H and O–H groups in total. The van der Waals surface area contributed by atoms with Gasteiger partial charge in [0.2, 0.25) is 5.78 Å². The van der Waals surface area contributed by atoms with Gasteiger partial charge >= 0.3 is 6.03 Å². The molecule has 0 heterocycles. The van der Waals surface area contributed by atoms with Crippen molar-refractivity contribution in [2.75, 3.05) is 24.3 Å². The van der Waals surface area contributed by atoms with Crippen LogP contribution in [0.25, 0.3) is 0 Å². The highest BCUT2D eigenvalue weighted by molar-refractivity contribution is 6.25. The summed E-state index contributed by atoms with van der Waals surface area (Å²) < 4.78 is 0. The van der Waals surface area contributed by atoms with E-state index in [1.54, 1.807) is 55.4 Å². The molecule has 0 fully saturated rings. The van der Waals surface area contributed by atoms with Crippen molar-refractivity contribution in [1.29, 1.82) is 0 Å². The molecule has 12 heteroatoms. The zero-order valence-corrected chi connectivity index (χ0v) is 21.6. The molecule has 0 aromatic heterocycles. The fourth-order valence-electron chi connectivity index (χ4n) is 6.08. The number of para-hydroxylation sites is 1. The quantitative estimate of drug-likeness (QED) is 0.276. The van der Waals surface area contributed by atoms with Gasteiger partial charge in [-0.25, -0.2) is 4.79 Å². The molecule has 3 aliphatic rings. The molecule has 12 nitrogen and oxygen atoms in total. The number of phenolic OH excluding ortho intramolecular Hbond substituents is 1. The lowest BCUT2D eigenvalue weighted by atomic mass is 9.58. The summed E-state index contributed by atoms with van der Waals surface area (Å²) in [4.78, 5) is 54.0. The van der Waals surface area contributed by atoms with E-state index in [0.29, 0.717) is 16.9 Å². The molecule has 0 bridgehead atoms. The van der Waals surface area contributed by atoms with E-state index in [2.05, 4.69) is 10.6 Å². The maximum absolute atomic E-state index is 13.7. The van der Waals surface area contributed by atoms with Crippen molar-refractivity contribution in [3.05, 3.63) is 76.3 Å². The number of amides is 3. The standard InChI is InChI=1S/C28H28N4O8/c1-32(2)16-8-9-17(33)19-14(16)10-12-11-15-21(31-27(39)30-13-6-4-3-5-7-13)23(35)20(26(29)38)25(37)28(15,40)24(36)18(12)22(19)34/h3-9,12,15,21,33,35-36,40H,10-11H2,1-2H3,(H2,29,38)(H2,30,31,39)/t12-,15-,21?,28-/m0/s1. The van der Waals surface area contributed by atoms with E-state index in [9.17, 15) is 39.6 Å². The highest BCUT2D eigenvalue weighted by Gasteiger charge is 2.63. The van der Waals surface area contributed by atoms with Crippen molar-refractivity contribution in [1.82, 2.24) is 5.32 Å². The Labute approximate surface area is 228 Å². The minimum atomic E-state index is -2.87. The predicted molar refractivity (Wildman–Crippen MR) is 143 cm³/mol. The number of rotatable bonds is 4. The highest BCUT2D eigenvalue weighted by Crippen LogP contribution is 2.52. The number of urea groups is 1. The Hall–Kier alpha value is -4.84. The fraction of sp³-hybridized carbons (Fsp3) is 0.286. The first kappa shape index (κ1) is 26.8. The molecule has 0 aliphatic heterocycles. The molecule has 2 aromatic carbocycles. The molecule has 4 atom stereocenters. The molecular weight excluding hydrogens is 520 g/mol. The topological polar surface area (TPSA) is 203 Å². The number of nitrogens with two attached hydrogens (primary N) is 1. The maximum Gasteiger partial charge on any atom is 0.319 e. The van der Waals surface area contributed by atoms with E-state index < -0.39 is 64.1 Å². The molecule has 0 saturated carbocycles. The van der Waals surface area contributed by atoms with E-state index >= 15 is 0 Å². The van der Waals surface area contributed by atoms with Crippen LogP contribution in [0.1, 0.15) is 22.3 Å². The third-order valence-electron chi connectivity index (χ3n) is 7.86. The number of primary amides is 1. The lowest BCUT2D eigenvalue weighted by molar-refractivity contribution is -0.146. The Morgan fingerprint density at radius 3 is 2.35 bits per heavy atom. The van der Waals surface area contributed by atoms with Crippen LogP contribution in [0.3, 0.4) is 0 Å². The number of aliphatic hydroxyl groups is 3. The van der Waals surface area contributed by atoms with Crippen molar-refractivity contribution in [2.45, 2.75) is 24.5 Å². The van der Waals surface area contributed by atoms with Crippen LogP contribution in [-0.2, 0) is 16.0 Å². The minimum absolute atomic E-state index is 0.0697. The summed E-state index contributed by atoms with van der Waals surface area (Å²) in [5.74, 6) is -7.91. The van der Waals surface area contributed by atoms with Gasteiger partial charge in [0.05, 0.1) is 11.6 Å². The number of phenols is 1. The molecule has 3 amide bonds. The van der Waals surface area contributed by atoms with Crippen molar-refractivity contribution < 1.29 is 39.6 Å². The monoisotopic (exact) mass is 548 g/mol. The number of allylic oxidation sites excluding steroid dienone is 1. The first-order valence-electron chi connectivity index (χ1n) is 12.5. The zero-order chi connectivity index (χ0) is 29.1. The van der Waals surface area contributed by atoms with Gasteiger partial charge in [-0.15, -0.1) is 0 Å². The summed E-state index contributed by atoms with van der Waals surface area (Å²) in [7, 11) is 3.53. The number of carbonyl (C=O) groups excluding carboxylic acids is 4. The van der Waals surface area contributed by atoms with Crippen LogP contribution in [0.4, 0.5) is 16.2 Å². The van der Waals surface area contributed by atoms with Gasteiger partial charge in [-0.1, -0.05) is 18.2 Å². The molecule has 1 unspecified atom stereocenters. The summed E-state index contributed by atoms with van der Waals surface area (Å²) in [6.45, 7) is 0. The number of aliphatic hydroxyl groups excluding tert-OH is 2. The maximum atomic E-state index is 13.7. The number of fused-ring (bicyclic) bond motifs is 3. The number of hydrogen-bond acceptors (Lipinski definition) is 9. The van der Waals surface area contributed by atoms with E-state index in [4.69, 9.17) is 5.73 Å². The van der Waals surface area contributed by atoms with Gasteiger partial charge in [-0.3, -0.25) is 14.4 Å². The first-order valence-corrected chi connectivity index (χ1v) is 12.5.